The largest absolute Gasteiger partial charge is 0.481 e. The van der Waals surface area contributed by atoms with Gasteiger partial charge in [0, 0.05) is 25.1 Å². The molecule has 2 aromatic rings. The maximum atomic E-state index is 11.4. The summed E-state index contributed by atoms with van der Waals surface area (Å²) < 4.78 is 1.91. The maximum absolute atomic E-state index is 11.4. The highest BCUT2D eigenvalue weighted by Crippen LogP contribution is 2.35. The standard InChI is InChI=1S/C15H20N4O2/c1-2-15(13(20)21)4-8-18(9-5-15)10-12-11-19-7-3-6-16-14(19)17-12/h3,6-7,11H,2,4-5,8-10H2,1H3,(H,20,21). The molecule has 1 N–H and O–H groups in total. The number of carboxylic acids is 1. The first kappa shape index (κ1) is 14.0. The molecule has 1 fully saturated rings. The van der Waals surface area contributed by atoms with Crippen LogP contribution in [0.15, 0.2) is 24.7 Å². The highest BCUT2D eigenvalue weighted by molar-refractivity contribution is 5.74. The lowest BCUT2D eigenvalue weighted by Gasteiger charge is -2.38. The normalized spacial score (nSPS) is 18.9. The molecule has 3 rings (SSSR count). The quantitative estimate of drug-likeness (QED) is 0.929. The van der Waals surface area contributed by atoms with Gasteiger partial charge in [0.1, 0.15) is 0 Å². The minimum absolute atomic E-state index is 0.531. The Morgan fingerprint density at radius 1 is 1.43 bits per heavy atom. The summed E-state index contributed by atoms with van der Waals surface area (Å²) in [7, 11) is 0. The van der Waals surface area contributed by atoms with Crippen molar-refractivity contribution in [3.63, 3.8) is 0 Å². The topological polar surface area (TPSA) is 70.7 Å². The van der Waals surface area contributed by atoms with Crippen molar-refractivity contribution < 1.29 is 9.90 Å². The Morgan fingerprint density at radius 3 is 2.81 bits per heavy atom. The van der Waals surface area contributed by atoms with Crippen molar-refractivity contribution in [2.75, 3.05) is 13.1 Å². The van der Waals surface area contributed by atoms with Crippen LogP contribution in [0.5, 0.6) is 0 Å². The third-order valence-corrected chi connectivity index (χ3v) is 4.61. The number of carbonyl (C=O) groups is 1. The zero-order chi connectivity index (χ0) is 14.9. The Morgan fingerprint density at radius 2 is 2.19 bits per heavy atom. The maximum Gasteiger partial charge on any atom is 0.309 e. The van der Waals surface area contributed by atoms with Crippen molar-refractivity contribution in [1.82, 2.24) is 19.3 Å². The summed E-state index contributed by atoms with van der Waals surface area (Å²) in [5, 5.41) is 9.42. The van der Waals surface area contributed by atoms with E-state index >= 15 is 0 Å². The highest BCUT2D eigenvalue weighted by Gasteiger charge is 2.39. The average Bonchev–Trinajstić information content (AvgIpc) is 2.90. The molecule has 0 saturated carbocycles. The molecule has 3 heterocycles. The Balaban J connectivity index is 1.66. The fraction of sp³-hybridized carbons (Fsp3) is 0.533. The summed E-state index contributed by atoms with van der Waals surface area (Å²) in [6.07, 6.45) is 7.78. The minimum Gasteiger partial charge on any atom is -0.481 e. The first-order chi connectivity index (χ1) is 10.1. The van der Waals surface area contributed by atoms with E-state index in [-0.39, 0.29) is 0 Å². The van der Waals surface area contributed by atoms with Crippen molar-refractivity contribution in [3.05, 3.63) is 30.4 Å². The number of aromatic nitrogens is 3. The van der Waals surface area contributed by atoms with E-state index in [1.54, 1.807) is 6.20 Å². The number of imidazole rings is 1. The summed E-state index contributed by atoms with van der Waals surface area (Å²) in [4.78, 5) is 22.4. The van der Waals surface area contributed by atoms with Gasteiger partial charge in [-0.05, 0) is 38.4 Å². The van der Waals surface area contributed by atoms with Gasteiger partial charge in [-0.1, -0.05) is 6.92 Å². The smallest absolute Gasteiger partial charge is 0.309 e. The number of carboxylic acid groups (broad SMARTS) is 1. The van der Waals surface area contributed by atoms with Gasteiger partial charge >= 0.3 is 5.97 Å². The van der Waals surface area contributed by atoms with Crippen LogP contribution in [0.25, 0.3) is 5.78 Å². The minimum atomic E-state index is -0.651. The zero-order valence-electron chi connectivity index (χ0n) is 12.2. The second-order valence-corrected chi connectivity index (χ2v) is 5.77. The molecule has 0 aliphatic carbocycles. The predicted octanol–water partition coefficient (Wildman–Crippen LogP) is 1.81. The van der Waals surface area contributed by atoms with Gasteiger partial charge in [-0.2, -0.15) is 0 Å². The van der Waals surface area contributed by atoms with Crippen molar-refractivity contribution in [1.29, 1.82) is 0 Å². The molecule has 1 aliphatic heterocycles. The van der Waals surface area contributed by atoms with E-state index in [0.717, 1.165) is 25.3 Å². The van der Waals surface area contributed by atoms with Gasteiger partial charge in [-0.3, -0.25) is 14.1 Å². The molecule has 0 aromatic carbocycles. The summed E-state index contributed by atoms with van der Waals surface area (Å²) in [6, 6.07) is 1.88. The third-order valence-electron chi connectivity index (χ3n) is 4.61. The summed E-state index contributed by atoms with van der Waals surface area (Å²) in [5.74, 6) is 0.0551. The van der Waals surface area contributed by atoms with Gasteiger partial charge < -0.3 is 5.11 Å². The van der Waals surface area contributed by atoms with Crippen LogP contribution in [0.1, 0.15) is 31.9 Å². The zero-order valence-corrected chi connectivity index (χ0v) is 12.2. The number of aliphatic carboxylic acids is 1. The van der Waals surface area contributed by atoms with E-state index < -0.39 is 11.4 Å². The van der Waals surface area contributed by atoms with E-state index in [1.807, 2.05) is 29.8 Å². The predicted molar refractivity (Wildman–Crippen MR) is 77.9 cm³/mol. The van der Waals surface area contributed by atoms with Crippen LogP contribution < -0.4 is 0 Å². The van der Waals surface area contributed by atoms with E-state index in [9.17, 15) is 9.90 Å². The van der Waals surface area contributed by atoms with Crippen molar-refractivity contribution in [3.8, 4) is 0 Å². The first-order valence-electron chi connectivity index (χ1n) is 7.37. The molecular formula is C15H20N4O2. The number of hydrogen-bond donors (Lipinski definition) is 1. The van der Waals surface area contributed by atoms with Crippen LogP contribution in [0.4, 0.5) is 0 Å². The Kier molecular flexibility index (Phi) is 3.63. The van der Waals surface area contributed by atoms with Crippen LogP contribution >= 0.6 is 0 Å². The average molecular weight is 288 g/mol. The summed E-state index contributed by atoms with van der Waals surface area (Å²) in [5.41, 5.74) is 0.449. The second kappa shape index (κ2) is 5.44. The molecule has 0 radical (unpaired) electrons. The van der Waals surface area contributed by atoms with Gasteiger partial charge in [0.05, 0.1) is 11.1 Å². The summed E-state index contributed by atoms with van der Waals surface area (Å²) >= 11 is 0. The lowest BCUT2D eigenvalue weighted by molar-refractivity contribution is -0.152. The van der Waals surface area contributed by atoms with E-state index in [4.69, 9.17) is 0 Å². The molecule has 0 spiro atoms. The molecule has 6 heteroatoms. The number of likely N-dealkylation sites (tertiary alicyclic amines) is 1. The third kappa shape index (κ3) is 2.63. The first-order valence-corrected chi connectivity index (χ1v) is 7.37. The lowest BCUT2D eigenvalue weighted by Crippen LogP contribution is -2.43. The molecular weight excluding hydrogens is 268 g/mol. The van der Waals surface area contributed by atoms with E-state index in [2.05, 4.69) is 14.9 Å². The van der Waals surface area contributed by atoms with Crippen LogP contribution in [0.2, 0.25) is 0 Å². The molecule has 1 aliphatic rings. The van der Waals surface area contributed by atoms with Crippen LogP contribution in [0.3, 0.4) is 0 Å². The second-order valence-electron chi connectivity index (χ2n) is 5.77. The SMILES string of the molecule is CCC1(C(=O)O)CCN(Cc2cn3cccnc3n2)CC1. The van der Waals surface area contributed by atoms with E-state index in [1.165, 1.54) is 0 Å². The molecule has 112 valence electrons. The van der Waals surface area contributed by atoms with Gasteiger partial charge in [-0.15, -0.1) is 0 Å². The van der Waals surface area contributed by atoms with Crippen LogP contribution in [0, 0.1) is 5.41 Å². The number of hydrogen-bond acceptors (Lipinski definition) is 4. The van der Waals surface area contributed by atoms with Crippen LogP contribution in [-0.2, 0) is 11.3 Å². The molecule has 0 amide bonds. The molecule has 0 bridgehead atoms. The molecule has 6 nitrogen and oxygen atoms in total. The van der Waals surface area contributed by atoms with Gasteiger partial charge in [0.15, 0.2) is 0 Å². The van der Waals surface area contributed by atoms with Crippen molar-refractivity contribution in [2.24, 2.45) is 5.41 Å². The molecule has 0 atom stereocenters. The molecule has 21 heavy (non-hydrogen) atoms. The van der Waals surface area contributed by atoms with Crippen LogP contribution in [-0.4, -0.2) is 43.4 Å². The fourth-order valence-electron chi connectivity index (χ4n) is 3.04. The fourth-order valence-corrected chi connectivity index (χ4v) is 3.04. The number of rotatable bonds is 4. The number of nitrogens with zero attached hydrogens (tertiary/aromatic N) is 4. The van der Waals surface area contributed by atoms with Gasteiger partial charge in [-0.25, -0.2) is 9.97 Å². The Hall–Kier alpha value is -1.95. The highest BCUT2D eigenvalue weighted by atomic mass is 16.4. The molecule has 0 unspecified atom stereocenters. The Labute approximate surface area is 123 Å². The number of piperidine rings is 1. The Bertz CT molecular complexity index is 611. The molecule has 2 aromatic heterocycles. The summed E-state index contributed by atoms with van der Waals surface area (Å²) in [6.45, 7) is 4.34. The molecule has 1 saturated heterocycles. The lowest BCUT2D eigenvalue weighted by atomic mass is 9.76. The van der Waals surface area contributed by atoms with Crippen molar-refractivity contribution >= 4 is 11.7 Å². The van der Waals surface area contributed by atoms with E-state index in [0.29, 0.717) is 25.0 Å². The van der Waals surface area contributed by atoms with Crippen molar-refractivity contribution in [2.45, 2.75) is 32.7 Å². The monoisotopic (exact) mass is 288 g/mol. The van der Waals surface area contributed by atoms with Gasteiger partial charge in [0.25, 0.3) is 0 Å². The van der Waals surface area contributed by atoms with Gasteiger partial charge in [0.2, 0.25) is 5.78 Å². The number of fused-ring (bicyclic) bond motifs is 1.